The van der Waals surface area contributed by atoms with Crippen molar-refractivity contribution in [1.29, 1.82) is 0 Å². The van der Waals surface area contributed by atoms with Crippen LogP contribution in [0.25, 0.3) is 0 Å². The van der Waals surface area contributed by atoms with Gasteiger partial charge in [0.15, 0.2) is 0 Å². The number of aliphatic hydroxyl groups is 1. The van der Waals surface area contributed by atoms with E-state index in [0.29, 0.717) is 12.4 Å². The molecule has 2 N–H and O–H groups in total. The van der Waals surface area contributed by atoms with E-state index in [1.807, 2.05) is 29.6 Å². The molecular weight excluding hydrogens is 403 g/mol. The average Bonchev–Trinajstić information content (AvgIpc) is 3.24. The van der Waals surface area contributed by atoms with Crippen molar-refractivity contribution in [2.75, 3.05) is 19.1 Å². The van der Waals surface area contributed by atoms with Crippen molar-refractivity contribution in [3.05, 3.63) is 24.3 Å². The van der Waals surface area contributed by atoms with E-state index >= 15 is 0 Å². The minimum Gasteiger partial charge on any atom is -0.394 e. The van der Waals surface area contributed by atoms with Gasteiger partial charge in [-0.25, -0.2) is 0 Å². The third-order valence-electron chi connectivity index (χ3n) is 4.16. The molecule has 1 heterocycles. The number of aliphatic hydroxyl groups excluding tert-OH is 1. The summed E-state index contributed by atoms with van der Waals surface area (Å²) in [4.78, 5) is 10.9. The van der Waals surface area contributed by atoms with E-state index in [1.165, 1.54) is 21.6 Å². The maximum atomic E-state index is 12.2. The fraction of sp³-hybridized carbons (Fsp3) is 0.706. The molecule has 2 rings (SSSR count). The predicted molar refractivity (Wildman–Crippen MR) is 100 cm³/mol. The van der Waals surface area contributed by atoms with Crippen LogP contribution in [0.15, 0.2) is 24.3 Å². The van der Waals surface area contributed by atoms with Gasteiger partial charge in [-0.1, -0.05) is 45.9 Å². The van der Waals surface area contributed by atoms with Crippen LogP contribution < -0.4 is 5.32 Å². The number of ether oxygens (including phenoxy) is 2. The Kier molecular flexibility index (Phi) is 8.11. The molecule has 0 aromatic rings. The molecule has 0 saturated carbocycles. The van der Waals surface area contributed by atoms with Crippen LogP contribution >= 0.6 is 21.6 Å². The van der Waals surface area contributed by atoms with Crippen LogP contribution in [-0.4, -0.2) is 59.3 Å². The number of hydrogen-bond donors (Lipinski definition) is 2. The second kappa shape index (κ2) is 9.69. The zero-order valence-corrected chi connectivity index (χ0v) is 16.7. The van der Waals surface area contributed by atoms with Crippen molar-refractivity contribution in [2.24, 2.45) is 5.92 Å². The molecule has 5 nitrogen and oxygen atoms in total. The Labute approximate surface area is 164 Å². The fourth-order valence-electron chi connectivity index (χ4n) is 2.75. The summed E-state index contributed by atoms with van der Waals surface area (Å²) in [5.41, 5.74) is 0. The standard InChI is InChI=1S/C17H24F3NO4S2/c1-16(2,9-21-15(23)17(18,19)20)27-26-10-24-13-7-12(25-14(13)8-22)11-5-3-4-6-11/h3-6,11-14,22H,7-10H2,1-2H3,(H,21,23)/t12-,13?,14-/m1/s1. The molecule has 27 heavy (non-hydrogen) atoms. The van der Waals surface area contributed by atoms with Gasteiger partial charge in [-0.15, -0.1) is 0 Å². The number of allylic oxidation sites excluding steroid dienone is 2. The molecule has 1 amide bonds. The molecule has 1 fully saturated rings. The Morgan fingerprint density at radius 3 is 2.59 bits per heavy atom. The maximum absolute atomic E-state index is 12.2. The zero-order chi connectivity index (χ0) is 20.1. The summed E-state index contributed by atoms with van der Waals surface area (Å²) in [6.45, 7) is 3.24. The van der Waals surface area contributed by atoms with Gasteiger partial charge in [-0.2, -0.15) is 13.2 Å². The molecule has 1 saturated heterocycles. The Bertz CT molecular complexity index is 557. The highest BCUT2D eigenvalue weighted by molar-refractivity contribution is 8.77. The molecule has 0 spiro atoms. The molecule has 0 bridgehead atoms. The molecule has 3 atom stereocenters. The van der Waals surface area contributed by atoms with Gasteiger partial charge in [0.1, 0.15) is 12.0 Å². The van der Waals surface area contributed by atoms with Gasteiger partial charge in [-0.3, -0.25) is 4.79 Å². The molecule has 1 aliphatic heterocycles. The predicted octanol–water partition coefficient (Wildman–Crippen LogP) is 3.06. The summed E-state index contributed by atoms with van der Waals surface area (Å²) >= 11 is 0. The van der Waals surface area contributed by atoms with Gasteiger partial charge < -0.3 is 19.9 Å². The molecule has 1 aliphatic carbocycles. The van der Waals surface area contributed by atoms with E-state index in [9.17, 15) is 23.1 Å². The lowest BCUT2D eigenvalue weighted by Crippen LogP contribution is -2.42. The van der Waals surface area contributed by atoms with Crippen LogP contribution in [0.1, 0.15) is 20.3 Å². The van der Waals surface area contributed by atoms with E-state index in [0.717, 1.165) is 0 Å². The second-order valence-electron chi connectivity index (χ2n) is 6.94. The molecule has 0 aromatic heterocycles. The molecule has 154 valence electrons. The van der Waals surface area contributed by atoms with Crippen molar-refractivity contribution in [2.45, 2.75) is 49.5 Å². The number of amides is 1. The first-order valence-electron chi connectivity index (χ1n) is 8.51. The molecule has 1 unspecified atom stereocenters. The van der Waals surface area contributed by atoms with Crippen LogP contribution in [-0.2, 0) is 14.3 Å². The van der Waals surface area contributed by atoms with Crippen molar-refractivity contribution in [3.8, 4) is 0 Å². The first-order valence-corrected chi connectivity index (χ1v) is 10.8. The smallest absolute Gasteiger partial charge is 0.394 e. The highest BCUT2D eigenvalue weighted by Gasteiger charge is 2.40. The van der Waals surface area contributed by atoms with Crippen LogP contribution in [0.2, 0.25) is 0 Å². The van der Waals surface area contributed by atoms with Gasteiger partial charge in [-0.05, 0) is 13.8 Å². The average molecular weight is 428 g/mol. The first-order chi connectivity index (χ1) is 12.6. The number of rotatable bonds is 9. The molecule has 0 radical (unpaired) electrons. The Morgan fingerprint density at radius 1 is 1.33 bits per heavy atom. The quantitative estimate of drug-likeness (QED) is 0.335. The van der Waals surface area contributed by atoms with Crippen molar-refractivity contribution < 1.29 is 32.5 Å². The summed E-state index contributed by atoms with van der Waals surface area (Å²) in [6.07, 6.45) is 3.15. The maximum Gasteiger partial charge on any atom is 0.471 e. The van der Waals surface area contributed by atoms with Crippen LogP contribution in [0, 0.1) is 5.92 Å². The number of nitrogens with one attached hydrogen (secondary N) is 1. The van der Waals surface area contributed by atoms with Crippen LogP contribution in [0.4, 0.5) is 13.2 Å². The lowest BCUT2D eigenvalue weighted by atomic mass is 10.0. The minimum absolute atomic E-state index is 0.0335. The summed E-state index contributed by atoms with van der Waals surface area (Å²) in [6, 6.07) is 0. The first kappa shape index (κ1) is 22.6. The van der Waals surface area contributed by atoms with Gasteiger partial charge in [0.05, 0.1) is 18.8 Å². The van der Waals surface area contributed by atoms with Crippen molar-refractivity contribution in [1.82, 2.24) is 5.32 Å². The largest absolute Gasteiger partial charge is 0.471 e. The number of hydrogen-bond acceptors (Lipinski definition) is 6. The van der Waals surface area contributed by atoms with E-state index in [-0.39, 0.29) is 37.4 Å². The third-order valence-corrected chi connectivity index (χ3v) is 7.10. The molecule has 10 heteroatoms. The van der Waals surface area contributed by atoms with Gasteiger partial charge in [0.25, 0.3) is 0 Å². The van der Waals surface area contributed by atoms with Gasteiger partial charge >= 0.3 is 12.1 Å². The van der Waals surface area contributed by atoms with E-state index in [2.05, 4.69) is 0 Å². The number of carbonyl (C=O) groups is 1. The molecular formula is C17H24F3NO4S2. The number of alkyl halides is 3. The van der Waals surface area contributed by atoms with E-state index in [4.69, 9.17) is 9.47 Å². The van der Waals surface area contributed by atoms with E-state index in [1.54, 1.807) is 13.8 Å². The summed E-state index contributed by atoms with van der Waals surface area (Å²) in [5, 5.41) is 11.4. The Morgan fingerprint density at radius 2 is 2.00 bits per heavy atom. The van der Waals surface area contributed by atoms with Crippen molar-refractivity contribution in [3.63, 3.8) is 0 Å². The third kappa shape index (κ3) is 7.01. The molecule has 2 aliphatic rings. The van der Waals surface area contributed by atoms with Crippen LogP contribution in [0.3, 0.4) is 0 Å². The Hall–Kier alpha value is -0.680. The van der Waals surface area contributed by atoms with Crippen molar-refractivity contribution >= 4 is 27.5 Å². The topological polar surface area (TPSA) is 67.8 Å². The fourth-order valence-corrected chi connectivity index (χ4v) is 4.92. The summed E-state index contributed by atoms with van der Waals surface area (Å²) in [5.74, 6) is -1.45. The normalized spacial score (nSPS) is 26.1. The lowest BCUT2D eigenvalue weighted by molar-refractivity contribution is -0.173. The number of carbonyl (C=O) groups excluding carboxylic acids is 1. The monoisotopic (exact) mass is 427 g/mol. The highest BCUT2D eigenvalue weighted by atomic mass is 33.1. The lowest BCUT2D eigenvalue weighted by Gasteiger charge is -2.24. The summed E-state index contributed by atoms with van der Waals surface area (Å²) < 4.78 is 47.8. The zero-order valence-electron chi connectivity index (χ0n) is 15.1. The Balaban J connectivity index is 1.69. The highest BCUT2D eigenvalue weighted by Crippen LogP contribution is 2.37. The van der Waals surface area contributed by atoms with Crippen LogP contribution in [0.5, 0.6) is 0 Å². The summed E-state index contributed by atoms with van der Waals surface area (Å²) in [7, 11) is 2.68. The van der Waals surface area contributed by atoms with Gasteiger partial charge in [0, 0.05) is 23.6 Å². The van der Waals surface area contributed by atoms with Gasteiger partial charge in [0.2, 0.25) is 0 Å². The SMILES string of the molecule is CC(C)(CNC(=O)C(F)(F)F)SSCOC1C[C@H](C2C=CC=C2)O[C@@H]1CO. The minimum atomic E-state index is -4.88. The second-order valence-corrected chi connectivity index (χ2v) is 9.89. The number of halogens is 3. The van der Waals surface area contributed by atoms with E-state index < -0.39 is 16.8 Å². The molecule has 0 aromatic carbocycles.